The van der Waals surface area contributed by atoms with Gasteiger partial charge in [0.15, 0.2) is 10.1 Å². The fourth-order valence-electron chi connectivity index (χ4n) is 2.59. The zero-order valence-corrected chi connectivity index (χ0v) is 16.9. The molecule has 138 valence electrons. The molecule has 26 heavy (non-hydrogen) atoms. The predicted octanol–water partition coefficient (Wildman–Crippen LogP) is 4.54. The average Bonchev–Trinajstić information content (AvgIpc) is 3.37. The van der Waals surface area contributed by atoms with Crippen molar-refractivity contribution in [3.63, 3.8) is 0 Å². The summed E-state index contributed by atoms with van der Waals surface area (Å²) in [4.78, 5) is 26.3. The van der Waals surface area contributed by atoms with Crippen LogP contribution in [0, 0.1) is 0 Å². The Balaban J connectivity index is 1.60. The van der Waals surface area contributed by atoms with E-state index in [4.69, 9.17) is 0 Å². The van der Waals surface area contributed by atoms with Crippen molar-refractivity contribution in [2.75, 3.05) is 10.7 Å². The van der Waals surface area contributed by atoms with Crippen LogP contribution in [-0.4, -0.2) is 33.7 Å². The van der Waals surface area contributed by atoms with Crippen LogP contribution in [0.2, 0.25) is 0 Å². The highest BCUT2D eigenvalue weighted by atomic mass is 32.2. The van der Waals surface area contributed by atoms with Crippen molar-refractivity contribution in [2.45, 2.75) is 56.3 Å². The lowest BCUT2D eigenvalue weighted by Gasteiger charge is -2.17. The molecule has 1 aromatic heterocycles. The van der Waals surface area contributed by atoms with E-state index in [1.165, 1.54) is 28.7 Å². The molecule has 1 aliphatic rings. The fraction of sp³-hybridized carbons (Fsp3) is 0.474. The summed E-state index contributed by atoms with van der Waals surface area (Å²) in [7, 11) is 0. The number of amides is 1. The Hall–Kier alpha value is -1.73. The molecule has 0 atom stereocenters. The third-order valence-corrected chi connectivity index (χ3v) is 6.37. The molecule has 0 spiro atoms. The van der Waals surface area contributed by atoms with Gasteiger partial charge < -0.3 is 0 Å². The van der Waals surface area contributed by atoms with E-state index in [1.807, 2.05) is 31.2 Å². The summed E-state index contributed by atoms with van der Waals surface area (Å²) in [5.74, 6) is 0.932. The molecule has 5 nitrogen and oxygen atoms in total. The van der Waals surface area contributed by atoms with Crippen molar-refractivity contribution in [1.29, 1.82) is 0 Å². The summed E-state index contributed by atoms with van der Waals surface area (Å²) in [6.45, 7) is 6.12. The fourth-order valence-corrected chi connectivity index (χ4v) is 4.42. The van der Waals surface area contributed by atoms with Gasteiger partial charge in [-0.15, -0.1) is 10.2 Å². The first-order valence-corrected chi connectivity index (χ1v) is 10.7. The van der Waals surface area contributed by atoms with Gasteiger partial charge in [-0.3, -0.25) is 14.5 Å². The Morgan fingerprint density at radius 1 is 1.23 bits per heavy atom. The Morgan fingerprint density at radius 2 is 1.92 bits per heavy atom. The summed E-state index contributed by atoms with van der Waals surface area (Å²) in [6.07, 6.45) is 2.51. The Morgan fingerprint density at radius 3 is 2.50 bits per heavy atom. The Kier molecular flexibility index (Phi) is 6.09. The lowest BCUT2D eigenvalue weighted by Crippen LogP contribution is -2.32. The lowest BCUT2D eigenvalue weighted by atomic mass is 10.0. The average molecular weight is 390 g/mol. The molecule has 2 aromatic rings. The number of thioether (sulfide) groups is 1. The standard InChI is InChI=1S/C19H23N3O2S2/c1-4-17(24)22(15-9-10-15)18-20-21-19(26-18)25-11-16(23)14-7-5-13(6-8-14)12(2)3/h5-8,12,15H,4,9-11H2,1-3H3. The first-order valence-electron chi connectivity index (χ1n) is 8.91. The minimum absolute atomic E-state index is 0.0748. The van der Waals surface area contributed by atoms with Gasteiger partial charge in [0.1, 0.15) is 0 Å². The molecule has 0 bridgehead atoms. The monoisotopic (exact) mass is 389 g/mol. The quantitative estimate of drug-likeness (QED) is 0.377. The second-order valence-electron chi connectivity index (χ2n) is 6.69. The highest BCUT2D eigenvalue weighted by molar-refractivity contribution is 8.01. The molecule has 0 saturated heterocycles. The second-order valence-corrected chi connectivity index (χ2v) is 8.87. The van der Waals surface area contributed by atoms with E-state index < -0.39 is 0 Å². The molecular weight excluding hydrogens is 366 g/mol. The molecule has 1 fully saturated rings. The molecule has 7 heteroatoms. The first kappa shape index (κ1) is 19.0. The van der Waals surface area contributed by atoms with Gasteiger partial charge in [-0.1, -0.05) is 68.1 Å². The molecule has 0 radical (unpaired) electrons. The second kappa shape index (κ2) is 8.31. The molecule has 0 N–H and O–H groups in total. The minimum Gasteiger partial charge on any atom is -0.293 e. The van der Waals surface area contributed by atoms with Gasteiger partial charge in [-0.2, -0.15) is 0 Å². The van der Waals surface area contributed by atoms with E-state index in [0.717, 1.165) is 17.2 Å². The van der Waals surface area contributed by atoms with Gasteiger partial charge >= 0.3 is 0 Å². The third kappa shape index (κ3) is 4.51. The van der Waals surface area contributed by atoms with Crippen LogP contribution < -0.4 is 4.90 Å². The zero-order chi connectivity index (χ0) is 18.7. The smallest absolute Gasteiger partial charge is 0.228 e. The number of nitrogens with zero attached hydrogens (tertiary/aromatic N) is 3. The van der Waals surface area contributed by atoms with E-state index in [2.05, 4.69) is 24.0 Å². The zero-order valence-electron chi connectivity index (χ0n) is 15.3. The number of carbonyl (C=O) groups excluding carboxylic acids is 2. The molecular formula is C19H23N3O2S2. The number of rotatable bonds is 8. The summed E-state index contributed by atoms with van der Waals surface area (Å²) in [6, 6.07) is 8.07. The first-order chi connectivity index (χ1) is 12.5. The summed E-state index contributed by atoms with van der Waals surface area (Å²) < 4.78 is 0.724. The van der Waals surface area contributed by atoms with Gasteiger partial charge in [0.2, 0.25) is 11.0 Å². The van der Waals surface area contributed by atoms with Gasteiger partial charge in [-0.25, -0.2) is 0 Å². The summed E-state index contributed by atoms with van der Waals surface area (Å²) in [5.41, 5.74) is 1.94. The van der Waals surface area contributed by atoms with E-state index >= 15 is 0 Å². The number of anilines is 1. The van der Waals surface area contributed by atoms with Crippen molar-refractivity contribution < 1.29 is 9.59 Å². The lowest BCUT2D eigenvalue weighted by molar-refractivity contribution is -0.118. The van der Waals surface area contributed by atoms with Crippen LogP contribution in [0.3, 0.4) is 0 Å². The Labute approximate surface area is 162 Å². The molecule has 1 saturated carbocycles. The van der Waals surface area contributed by atoms with Crippen molar-refractivity contribution in [3.8, 4) is 0 Å². The number of carbonyl (C=O) groups is 2. The van der Waals surface area contributed by atoms with E-state index in [0.29, 0.717) is 28.8 Å². The van der Waals surface area contributed by atoms with Crippen molar-refractivity contribution >= 4 is 39.9 Å². The maximum Gasteiger partial charge on any atom is 0.228 e. The van der Waals surface area contributed by atoms with Crippen molar-refractivity contribution in [3.05, 3.63) is 35.4 Å². The maximum atomic E-state index is 12.4. The number of hydrogen-bond donors (Lipinski definition) is 0. The van der Waals surface area contributed by atoms with Crippen LogP contribution in [-0.2, 0) is 4.79 Å². The molecule has 0 unspecified atom stereocenters. The van der Waals surface area contributed by atoms with Gasteiger partial charge in [0.05, 0.1) is 5.75 Å². The highest BCUT2D eigenvalue weighted by Crippen LogP contribution is 2.36. The van der Waals surface area contributed by atoms with Crippen LogP contribution in [0.4, 0.5) is 5.13 Å². The van der Waals surface area contributed by atoms with Crippen LogP contribution in [0.15, 0.2) is 28.6 Å². The number of benzene rings is 1. The van der Waals surface area contributed by atoms with Crippen LogP contribution in [0.5, 0.6) is 0 Å². The summed E-state index contributed by atoms with van der Waals surface area (Å²) in [5, 5.41) is 8.97. The van der Waals surface area contributed by atoms with E-state index in [-0.39, 0.29) is 17.7 Å². The molecule has 0 aliphatic heterocycles. The van der Waals surface area contributed by atoms with Crippen molar-refractivity contribution in [2.24, 2.45) is 0 Å². The maximum absolute atomic E-state index is 12.4. The van der Waals surface area contributed by atoms with E-state index in [9.17, 15) is 9.59 Å². The summed E-state index contributed by atoms with van der Waals surface area (Å²) >= 11 is 2.77. The SMILES string of the molecule is CCC(=O)N(c1nnc(SCC(=O)c2ccc(C(C)C)cc2)s1)C1CC1. The van der Waals surface area contributed by atoms with Crippen LogP contribution in [0.1, 0.15) is 61.9 Å². The number of aromatic nitrogens is 2. The molecule has 1 aliphatic carbocycles. The van der Waals surface area contributed by atoms with Crippen LogP contribution in [0.25, 0.3) is 0 Å². The minimum atomic E-state index is 0.0748. The highest BCUT2D eigenvalue weighted by Gasteiger charge is 2.35. The van der Waals surface area contributed by atoms with Crippen molar-refractivity contribution in [1.82, 2.24) is 10.2 Å². The molecule has 1 aromatic carbocycles. The molecule has 1 amide bonds. The van der Waals surface area contributed by atoms with Crippen LogP contribution >= 0.6 is 23.1 Å². The number of ketones is 1. The van der Waals surface area contributed by atoms with Gasteiger partial charge in [0.25, 0.3) is 0 Å². The molecule has 3 rings (SSSR count). The number of hydrogen-bond acceptors (Lipinski definition) is 6. The Bertz CT molecular complexity index is 782. The number of Topliss-reactive ketones (excluding diaryl/α,β-unsaturated/α-hetero) is 1. The van der Waals surface area contributed by atoms with Gasteiger partial charge in [-0.05, 0) is 24.3 Å². The van der Waals surface area contributed by atoms with Gasteiger partial charge in [0, 0.05) is 18.0 Å². The predicted molar refractivity (Wildman–Crippen MR) is 106 cm³/mol. The largest absolute Gasteiger partial charge is 0.293 e. The molecule has 1 heterocycles. The third-order valence-electron chi connectivity index (χ3n) is 4.31. The topological polar surface area (TPSA) is 63.2 Å². The normalized spacial score (nSPS) is 13.8. The van der Waals surface area contributed by atoms with E-state index in [1.54, 1.807) is 4.90 Å².